The number of carbonyl (C=O) groups excluding carboxylic acids is 2. The van der Waals surface area contributed by atoms with E-state index in [0.717, 1.165) is 8.04 Å². The van der Waals surface area contributed by atoms with Crippen LogP contribution in [0.25, 0.3) is 21.8 Å². The number of rotatable bonds is 4. The number of urea groups is 2. The minimum absolute atomic E-state index is 0.192. The van der Waals surface area contributed by atoms with E-state index < -0.39 is 12.1 Å². The van der Waals surface area contributed by atoms with Gasteiger partial charge in [0.15, 0.2) is 11.6 Å². The molecule has 2 N–H and O–H groups in total. The molecule has 12 nitrogen and oxygen atoms in total. The van der Waals surface area contributed by atoms with E-state index in [1.165, 1.54) is 47.2 Å². The summed E-state index contributed by atoms with van der Waals surface area (Å²) < 4.78 is 1.77. The zero-order valence-electron chi connectivity index (χ0n) is 21.4. The number of aromatic nitrogens is 6. The van der Waals surface area contributed by atoms with E-state index in [2.05, 4.69) is 79.1 Å². The van der Waals surface area contributed by atoms with Crippen molar-refractivity contribution >= 4 is 95.4 Å². The molecule has 6 rings (SSSR count). The molecule has 4 heterocycles. The van der Waals surface area contributed by atoms with Crippen LogP contribution in [-0.2, 0) is 0 Å². The van der Waals surface area contributed by atoms with Gasteiger partial charge >= 0.3 is 12.1 Å². The van der Waals surface area contributed by atoms with E-state index >= 15 is 0 Å². The van der Waals surface area contributed by atoms with Gasteiger partial charge in [0.05, 0.1) is 34.8 Å². The molecule has 14 heteroatoms. The Morgan fingerprint density at radius 2 is 1.17 bits per heavy atom. The van der Waals surface area contributed by atoms with Crippen LogP contribution >= 0.6 is 38.5 Å². The third kappa shape index (κ3) is 5.66. The SMILES string of the molecule is O=C(Nc1cnccn1)N(c1ccnc2cc(Br)ccc12)N(C(=O)Nc1cnccn1)c1ccnc2cc(I)ccc12. The number of halogens is 2. The summed E-state index contributed by atoms with van der Waals surface area (Å²) in [5, 5.41) is 9.22. The second-order valence-electron chi connectivity index (χ2n) is 8.65. The predicted octanol–water partition coefficient (Wildman–Crippen LogP) is 6.42. The molecular formula is C28H18BrIN10O2. The van der Waals surface area contributed by atoms with E-state index in [4.69, 9.17) is 0 Å². The standard InChI is InChI=1S/C28H18BrIN10O2/c29-17-1-3-19-21(13-17)33-7-5-23(19)39(27(41)37-25-15-31-9-11-35-25)40(28(42)38-26-16-32-10-12-36-26)24-6-8-34-22-14-18(30)2-4-20(22)24/h1-16H,(H,35,37,41)(H,36,38,42). The van der Waals surface area contributed by atoms with Crippen LogP contribution in [0.5, 0.6) is 0 Å². The van der Waals surface area contributed by atoms with Crippen molar-refractivity contribution in [2.75, 3.05) is 20.7 Å². The lowest BCUT2D eigenvalue weighted by atomic mass is 10.1. The Bertz CT molecular complexity index is 1790. The Kier molecular flexibility index (Phi) is 7.78. The molecule has 4 aromatic heterocycles. The van der Waals surface area contributed by atoms with Crippen LogP contribution in [0.2, 0.25) is 0 Å². The van der Waals surface area contributed by atoms with Crippen LogP contribution in [0.15, 0.2) is 103 Å². The number of hydrogen-bond acceptors (Lipinski definition) is 8. The van der Waals surface area contributed by atoms with Gasteiger partial charge in [-0.2, -0.15) is 10.0 Å². The molecule has 2 aromatic carbocycles. The van der Waals surface area contributed by atoms with Gasteiger partial charge in [0.25, 0.3) is 0 Å². The molecule has 0 aliphatic carbocycles. The predicted molar refractivity (Wildman–Crippen MR) is 171 cm³/mol. The molecule has 0 aliphatic heterocycles. The van der Waals surface area contributed by atoms with Crippen LogP contribution in [0.1, 0.15) is 0 Å². The van der Waals surface area contributed by atoms with Crippen LogP contribution in [0.3, 0.4) is 0 Å². The van der Waals surface area contributed by atoms with Crippen molar-refractivity contribution in [1.82, 2.24) is 29.9 Å². The zero-order valence-corrected chi connectivity index (χ0v) is 25.1. The molecule has 0 unspecified atom stereocenters. The quantitative estimate of drug-likeness (QED) is 0.156. The summed E-state index contributed by atoms with van der Waals surface area (Å²) in [6.07, 6.45) is 11.9. The maximum atomic E-state index is 14.2. The van der Waals surface area contributed by atoms with Gasteiger partial charge in [-0.1, -0.05) is 15.9 Å². The fraction of sp³-hybridized carbons (Fsp3) is 0. The van der Waals surface area contributed by atoms with E-state index in [-0.39, 0.29) is 11.6 Å². The average molecular weight is 733 g/mol. The Labute approximate surface area is 260 Å². The molecule has 0 bridgehead atoms. The summed E-state index contributed by atoms with van der Waals surface area (Å²) in [7, 11) is 0. The summed E-state index contributed by atoms with van der Waals surface area (Å²) in [4.78, 5) is 53.9. The van der Waals surface area contributed by atoms with Gasteiger partial charge in [0, 0.05) is 56.0 Å². The largest absolute Gasteiger partial charge is 0.347 e. The first-order valence-corrected chi connectivity index (χ1v) is 14.2. The van der Waals surface area contributed by atoms with Crippen molar-refractivity contribution in [1.29, 1.82) is 0 Å². The highest BCUT2D eigenvalue weighted by molar-refractivity contribution is 14.1. The van der Waals surface area contributed by atoms with E-state index in [1.54, 1.807) is 24.5 Å². The number of amides is 4. The fourth-order valence-corrected chi connectivity index (χ4v) is 5.07. The second kappa shape index (κ2) is 12.0. The summed E-state index contributed by atoms with van der Waals surface area (Å²) in [5.41, 5.74) is 1.99. The highest BCUT2D eigenvalue weighted by atomic mass is 127. The van der Waals surface area contributed by atoms with E-state index in [1.807, 2.05) is 36.4 Å². The van der Waals surface area contributed by atoms with Crippen LogP contribution in [-0.4, -0.2) is 42.0 Å². The number of carbonyl (C=O) groups is 2. The Hall–Kier alpha value is -4.83. The fourth-order valence-electron chi connectivity index (χ4n) is 4.25. The van der Waals surface area contributed by atoms with Crippen LogP contribution in [0.4, 0.5) is 32.6 Å². The molecule has 0 fully saturated rings. The molecular weight excluding hydrogens is 715 g/mol. The first kappa shape index (κ1) is 27.3. The zero-order chi connectivity index (χ0) is 29.1. The monoisotopic (exact) mass is 732 g/mol. The Balaban J connectivity index is 1.59. The molecule has 0 saturated carbocycles. The summed E-state index contributed by atoms with van der Waals surface area (Å²) in [6, 6.07) is 13.1. The van der Waals surface area contributed by atoms with E-state index in [9.17, 15) is 9.59 Å². The average Bonchev–Trinajstić information content (AvgIpc) is 3.00. The molecule has 0 saturated heterocycles. The lowest BCUT2D eigenvalue weighted by Crippen LogP contribution is -2.54. The molecule has 0 spiro atoms. The van der Waals surface area contributed by atoms with Crippen LogP contribution < -0.4 is 20.7 Å². The maximum absolute atomic E-state index is 14.2. The van der Waals surface area contributed by atoms with E-state index in [0.29, 0.717) is 33.2 Å². The number of nitrogens with zero attached hydrogens (tertiary/aromatic N) is 8. The van der Waals surface area contributed by atoms with Gasteiger partial charge in [-0.25, -0.2) is 19.6 Å². The highest BCUT2D eigenvalue weighted by Crippen LogP contribution is 2.34. The molecule has 0 atom stereocenters. The second-order valence-corrected chi connectivity index (χ2v) is 10.8. The highest BCUT2D eigenvalue weighted by Gasteiger charge is 2.33. The van der Waals surface area contributed by atoms with Gasteiger partial charge in [0.2, 0.25) is 0 Å². The normalized spacial score (nSPS) is 10.8. The number of nitrogens with one attached hydrogen (secondary N) is 2. The van der Waals surface area contributed by atoms with Crippen molar-refractivity contribution < 1.29 is 9.59 Å². The first-order valence-electron chi connectivity index (χ1n) is 12.3. The first-order chi connectivity index (χ1) is 20.5. The molecule has 0 radical (unpaired) electrons. The molecule has 4 amide bonds. The molecule has 6 aromatic rings. The summed E-state index contributed by atoms with van der Waals surface area (Å²) >= 11 is 5.68. The number of anilines is 4. The minimum atomic E-state index is -0.685. The maximum Gasteiger partial charge on any atom is 0.347 e. The van der Waals surface area contributed by atoms with Gasteiger partial charge in [-0.15, -0.1) is 0 Å². The third-order valence-corrected chi connectivity index (χ3v) is 7.17. The lowest BCUT2D eigenvalue weighted by molar-refractivity contribution is 0.248. The molecule has 0 aliphatic rings. The number of hydrogen-bond donors (Lipinski definition) is 2. The van der Waals surface area contributed by atoms with Gasteiger partial charge in [-0.3, -0.25) is 30.6 Å². The Morgan fingerprint density at radius 1 is 0.643 bits per heavy atom. The van der Waals surface area contributed by atoms with Crippen molar-refractivity contribution in [3.63, 3.8) is 0 Å². The van der Waals surface area contributed by atoms with Crippen molar-refractivity contribution in [2.45, 2.75) is 0 Å². The third-order valence-electron chi connectivity index (χ3n) is 6.00. The number of pyridine rings is 2. The topological polar surface area (TPSA) is 142 Å². The van der Waals surface area contributed by atoms with Gasteiger partial charge in [-0.05, 0) is 71.1 Å². The molecule has 42 heavy (non-hydrogen) atoms. The number of hydrazine groups is 1. The minimum Gasteiger partial charge on any atom is -0.289 e. The lowest BCUT2D eigenvalue weighted by Gasteiger charge is -2.35. The smallest absolute Gasteiger partial charge is 0.289 e. The van der Waals surface area contributed by atoms with Gasteiger partial charge in [0.1, 0.15) is 0 Å². The van der Waals surface area contributed by atoms with Gasteiger partial charge < -0.3 is 0 Å². The van der Waals surface area contributed by atoms with Crippen molar-refractivity contribution in [3.8, 4) is 0 Å². The summed E-state index contributed by atoms with van der Waals surface area (Å²) in [6.45, 7) is 0. The van der Waals surface area contributed by atoms with Crippen molar-refractivity contribution in [2.24, 2.45) is 0 Å². The van der Waals surface area contributed by atoms with Crippen LogP contribution in [0, 0.1) is 3.57 Å². The number of fused-ring (bicyclic) bond motifs is 2. The number of benzene rings is 2. The van der Waals surface area contributed by atoms with Crippen molar-refractivity contribution in [3.05, 3.63) is 106 Å². The summed E-state index contributed by atoms with van der Waals surface area (Å²) in [5.74, 6) is 0.384. The molecule has 206 valence electrons. The Morgan fingerprint density at radius 3 is 1.69 bits per heavy atom.